The van der Waals surface area contributed by atoms with Crippen molar-refractivity contribution in [2.24, 2.45) is 0 Å². The molecule has 1 amide bonds. The maximum Gasteiger partial charge on any atom is 0.337 e. The van der Waals surface area contributed by atoms with E-state index in [2.05, 4.69) is 10.1 Å². The van der Waals surface area contributed by atoms with Crippen LogP contribution < -0.4 is 9.62 Å². The van der Waals surface area contributed by atoms with Crippen molar-refractivity contribution in [2.75, 3.05) is 23.8 Å². The second kappa shape index (κ2) is 9.28. The number of hydrogen-bond donors (Lipinski definition) is 1. The van der Waals surface area contributed by atoms with Gasteiger partial charge in [0.2, 0.25) is 0 Å². The average Bonchev–Trinajstić information content (AvgIpc) is 3.27. The Kier molecular flexibility index (Phi) is 6.41. The SMILES string of the molecule is COC(=O)c1ccc(NC(=O)c2cc3cc(N(C)S(=O)(=O)c4ccc(C)cc4)ccc3s2)cc1. The van der Waals surface area contributed by atoms with Crippen LogP contribution in [0.3, 0.4) is 0 Å². The number of rotatable bonds is 6. The molecule has 0 radical (unpaired) electrons. The number of carbonyl (C=O) groups excluding carboxylic acids is 2. The first-order valence-electron chi connectivity index (χ1n) is 10.3. The van der Waals surface area contributed by atoms with E-state index in [0.717, 1.165) is 15.6 Å². The second-order valence-electron chi connectivity index (χ2n) is 7.64. The van der Waals surface area contributed by atoms with Gasteiger partial charge in [-0.2, -0.15) is 0 Å². The molecule has 0 aliphatic heterocycles. The van der Waals surface area contributed by atoms with E-state index in [1.807, 2.05) is 6.92 Å². The van der Waals surface area contributed by atoms with Crippen molar-refractivity contribution in [1.29, 1.82) is 0 Å². The fourth-order valence-corrected chi connectivity index (χ4v) is 5.47. The van der Waals surface area contributed by atoms with Gasteiger partial charge in [-0.3, -0.25) is 9.10 Å². The number of anilines is 2. The van der Waals surface area contributed by atoms with Crippen LogP contribution in [-0.4, -0.2) is 34.5 Å². The fraction of sp³-hybridized carbons (Fsp3) is 0.120. The summed E-state index contributed by atoms with van der Waals surface area (Å²) in [4.78, 5) is 25.0. The molecule has 0 aliphatic rings. The van der Waals surface area contributed by atoms with Crippen LogP contribution in [0.2, 0.25) is 0 Å². The first-order valence-corrected chi connectivity index (χ1v) is 12.5. The molecule has 0 spiro atoms. The van der Waals surface area contributed by atoms with Crippen LogP contribution in [0.25, 0.3) is 10.1 Å². The van der Waals surface area contributed by atoms with E-state index in [4.69, 9.17) is 0 Å². The van der Waals surface area contributed by atoms with Gasteiger partial charge in [-0.25, -0.2) is 13.2 Å². The molecule has 0 aliphatic carbocycles. The third kappa shape index (κ3) is 4.66. The molecule has 1 aromatic heterocycles. The lowest BCUT2D eigenvalue weighted by Crippen LogP contribution is -2.26. The van der Waals surface area contributed by atoms with Gasteiger partial charge in [0.15, 0.2) is 0 Å². The summed E-state index contributed by atoms with van der Waals surface area (Å²) in [6.45, 7) is 1.90. The third-order valence-corrected chi connectivity index (χ3v) is 8.25. The quantitative estimate of drug-likeness (QED) is 0.378. The van der Waals surface area contributed by atoms with E-state index in [1.165, 1.54) is 29.8 Å². The number of benzene rings is 3. The number of sulfonamides is 1. The van der Waals surface area contributed by atoms with Crippen molar-refractivity contribution in [3.63, 3.8) is 0 Å². The number of nitrogens with one attached hydrogen (secondary N) is 1. The number of methoxy groups -OCH3 is 1. The van der Waals surface area contributed by atoms with Gasteiger partial charge in [0.05, 0.1) is 28.1 Å². The molecule has 0 saturated heterocycles. The van der Waals surface area contributed by atoms with Crippen LogP contribution in [0.5, 0.6) is 0 Å². The van der Waals surface area contributed by atoms with Crippen LogP contribution >= 0.6 is 11.3 Å². The highest BCUT2D eigenvalue weighted by atomic mass is 32.2. The highest BCUT2D eigenvalue weighted by Crippen LogP contribution is 2.31. The molecule has 0 unspecified atom stereocenters. The molecule has 3 aromatic carbocycles. The Morgan fingerprint density at radius 3 is 2.26 bits per heavy atom. The van der Waals surface area contributed by atoms with E-state index >= 15 is 0 Å². The van der Waals surface area contributed by atoms with E-state index in [1.54, 1.807) is 72.8 Å². The molecule has 34 heavy (non-hydrogen) atoms. The summed E-state index contributed by atoms with van der Waals surface area (Å²) in [7, 11) is -0.900. The van der Waals surface area contributed by atoms with Gasteiger partial charge in [0.25, 0.3) is 15.9 Å². The molecular formula is C25H22N2O5S2. The van der Waals surface area contributed by atoms with Crippen LogP contribution in [0.15, 0.2) is 77.7 Å². The molecule has 7 nitrogen and oxygen atoms in total. The maximum absolute atomic E-state index is 13.0. The van der Waals surface area contributed by atoms with Crippen LogP contribution in [0, 0.1) is 6.92 Å². The van der Waals surface area contributed by atoms with Crippen molar-refractivity contribution >= 4 is 54.7 Å². The molecule has 174 valence electrons. The Bertz CT molecular complexity index is 1470. The lowest BCUT2D eigenvalue weighted by atomic mass is 10.2. The first-order chi connectivity index (χ1) is 16.2. The maximum atomic E-state index is 13.0. The Balaban J connectivity index is 1.55. The lowest BCUT2D eigenvalue weighted by Gasteiger charge is -2.19. The van der Waals surface area contributed by atoms with Gasteiger partial charge in [0, 0.05) is 17.4 Å². The standard InChI is InChI=1S/C25H22N2O5S2/c1-16-4-11-21(12-5-16)34(30,31)27(2)20-10-13-22-18(14-20)15-23(33-22)24(28)26-19-8-6-17(7-9-19)25(29)32-3/h4-15H,1-3H3,(H,26,28). The number of nitrogens with zero attached hydrogens (tertiary/aromatic N) is 1. The zero-order valence-corrected chi connectivity index (χ0v) is 20.4. The summed E-state index contributed by atoms with van der Waals surface area (Å²) in [5, 5.41) is 3.57. The Hall–Kier alpha value is -3.69. The van der Waals surface area contributed by atoms with Crippen molar-refractivity contribution < 1.29 is 22.7 Å². The zero-order chi connectivity index (χ0) is 24.5. The molecule has 0 fully saturated rings. The predicted molar refractivity (Wildman–Crippen MR) is 134 cm³/mol. The van der Waals surface area contributed by atoms with E-state index in [-0.39, 0.29) is 10.8 Å². The number of carbonyl (C=O) groups is 2. The average molecular weight is 495 g/mol. The van der Waals surface area contributed by atoms with Gasteiger partial charge in [0.1, 0.15) is 0 Å². The molecule has 1 N–H and O–H groups in total. The summed E-state index contributed by atoms with van der Waals surface area (Å²) in [6.07, 6.45) is 0. The highest BCUT2D eigenvalue weighted by molar-refractivity contribution is 7.92. The molecule has 0 bridgehead atoms. The number of ether oxygens (including phenoxy) is 1. The van der Waals surface area contributed by atoms with Gasteiger partial charge in [-0.15, -0.1) is 11.3 Å². The lowest BCUT2D eigenvalue weighted by molar-refractivity contribution is 0.0600. The van der Waals surface area contributed by atoms with Crippen molar-refractivity contribution in [2.45, 2.75) is 11.8 Å². The topological polar surface area (TPSA) is 92.8 Å². The number of thiophene rings is 1. The minimum atomic E-state index is -3.71. The minimum absolute atomic E-state index is 0.212. The van der Waals surface area contributed by atoms with Gasteiger partial charge in [-0.05, 0) is 73.0 Å². The molecular weight excluding hydrogens is 472 g/mol. The van der Waals surface area contributed by atoms with Crippen molar-refractivity contribution in [3.05, 3.63) is 88.8 Å². The minimum Gasteiger partial charge on any atom is -0.465 e. The Morgan fingerprint density at radius 1 is 0.941 bits per heavy atom. The predicted octanol–water partition coefficient (Wildman–Crippen LogP) is 5.07. The van der Waals surface area contributed by atoms with Crippen LogP contribution in [0.4, 0.5) is 11.4 Å². The molecule has 0 saturated carbocycles. The molecule has 1 heterocycles. The van der Waals surface area contributed by atoms with Crippen LogP contribution in [-0.2, 0) is 14.8 Å². The Morgan fingerprint density at radius 2 is 1.62 bits per heavy atom. The number of hydrogen-bond acceptors (Lipinski definition) is 6. The highest BCUT2D eigenvalue weighted by Gasteiger charge is 2.22. The first kappa shape index (κ1) is 23.5. The number of aryl methyl sites for hydroxylation is 1. The Labute approximate surface area is 201 Å². The van der Waals surface area contributed by atoms with Gasteiger partial charge in [-0.1, -0.05) is 17.7 Å². The normalized spacial score (nSPS) is 11.3. The summed E-state index contributed by atoms with van der Waals surface area (Å²) < 4.78 is 32.8. The van der Waals surface area contributed by atoms with E-state index < -0.39 is 16.0 Å². The van der Waals surface area contributed by atoms with Crippen molar-refractivity contribution in [1.82, 2.24) is 0 Å². The van der Waals surface area contributed by atoms with E-state index in [0.29, 0.717) is 21.8 Å². The molecule has 4 rings (SSSR count). The smallest absolute Gasteiger partial charge is 0.337 e. The monoisotopic (exact) mass is 494 g/mol. The number of amides is 1. The summed E-state index contributed by atoms with van der Waals surface area (Å²) in [5.74, 6) is -0.748. The number of esters is 1. The largest absolute Gasteiger partial charge is 0.465 e. The zero-order valence-electron chi connectivity index (χ0n) is 18.7. The third-order valence-electron chi connectivity index (χ3n) is 5.33. The van der Waals surface area contributed by atoms with E-state index in [9.17, 15) is 18.0 Å². The van der Waals surface area contributed by atoms with Crippen molar-refractivity contribution in [3.8, 4) is 0 Å². The molecule has 0 atom stereocenters. The molecule has 4 aromatic rings. The van der Waals surface area contributed by atoms with Gasteiger partial charge < -0.3 is 10.1 Å². The summed E-state index contributed by atoms with van der Waals surface area (Å²) in [6, 6.07) is 20.1. The second-order valence-corrected chi connectivity index (χ2v) is 10.7. The molecule has 9 heteroatoms. The summed E-state index contributed by atoms with van der Waals surface area (Å²) >= 11 is 1.31. The van der Waals surface area contributed by atoms with Gasteiger partial charge >= 0.3 is 5.97 Å². The number of fused-ring (bicyclic) bond motifs is 1. The summed E-state index contributed by atoms with van der Waals surface area (Å²) in [5.41, 5.74) is 2.40. The fourth-order valence-electron chi connectivity index (χ4n) is 3.35. The van der Waals surface area contributed by atoms with Crippen LogP contribution in [0.1, 0.15) is 25.6 Å².